The lowest BCUT2D eigenvalue weighted by Gasteiger charge is -2.36. The van der Waals surface area contributed by atoms with Crippen LogP contribution in [0.3, 0.4) is 0 Å². The molecule has 4 heteroatoms. The number of carbonyl (C=O) groups excluding carboxylic acids is 1. The van der Waals surface area contributed by atoms with Crippen molar-refractivity contribution in [2.75, 3.05) is 6.54 Å². The first-order valence-corrected chi connectivity index (χ1v) is 8.13. The maximum Gasteiger partial charge on any atom is 0.235 e. The summed E-state index contributed by atoms with van der Waals surface area (Å²) in [5, 5.41) is 0. The van der Waals surface area contributed by atoms with Crippen LogP contribution in [0.2, 0.25) is 0 Å². The van der Waals surface area contributed by atoms with Gasteiger partial charge in [-0.3, -0.25) is 4.79 Å². The molecule has 0 spiro atoms. The van der Waals surface area contributed by atoms with Gasteiger partial charge in [-0.15, -0.1) is 0 Å². The van der Waals surface area contributed by atoms with Crippen LogP contribution in [0.1, 0.15) is 64.7 Å². The highest BCUT2D eigenvalue weighted by molar-refractivity contribution is 7.80. The monoisotopic (exact) mass is 282 g/mol. The Morgan fingerprint density at radius 1 is 1.26 bits per heavy atom. The summed E-state index contributed by atoms with van der Waals surface area (Å²) < 4.78 is 0. The van der Waals surface area contributed by atoms with E-state index in [0.717, 1.165) is 51.5 Å². The number of hydrogen-bond acceptors (Lipinski definition) is 2. The number of hydrogen-bond donors (Lipinski definition) is 1. The van der Waals surface area contributed by atoms with Gasteiger partial charge in [0.15, 0.2) is 0 Å². The van der Waals surface area contributed by atoms with Crippen LogP contribution in [-0.2, 0) is 4.79 Å². The standard InChI is InChI=1S/C15H26N2OS/c1-2-12-8-7-11-17(12)14(18)15(13(16)19)9-5-3-4-6-10-15/h12H,2-11H2,1H3,(H2,16,19). The average molecular weight is 282 g/mol. The predicted molar refractivity (Wildman–Crippen MR) is 81.9 cm³/mol. The normalized spacial score (nSPS) is 27.0. The van der Waals surface area contributed by atoms with Gasteiger partial charge in [0, 0.05) is 12.6 Å². The zero-order chi connectivity index (χ0) is 13.9. The lowest BCUT2D eigenvalue weighted by molar-refractivity contribution is -0.139. The molecule has 0 radical (unpaired) electrons. The lowest BCUT2D eigenvalue weighted by atomic mass is 9.78. The van der Waals surface area contributed by atoms with E-state index in [2.05, 4.69) is 11.8 Å². The Hall–Kier alpha value is -0.640. The molecule has 1 aliphatic carbocycles. The van der Waals surface area contributed by atoms with E-state index < -0.39 is 5.41 Å². The van der Waals surface area contributed by atoms with E-state index in [9.17, 15) is 4.79 Å². The third kappa shape index (κ3) is 2.78. The predicted octanol–water partition coefficient (Wildman–Crippen LogP) is 3.01. The van der Waals surface area contributed by atoms with Crippen LogP contribution in [0, 0.1) is 5.41 Å². The summed E-state index contributed by atoms with van der Waals surface area (Å²) in [5.74, 6) is 0.228. The van der Waals surface area contributed by atoms with Crippen molar-refractivity contribution in [3.05, 3.63) is 0 Å². The molecule has 1 atom stereocenters. The van der Waals surface area contributed by atoms with Gasteiger partial charge in [0.1, 0.15) is 0 Å². The molecule has 1 unspecified atom stereocenters. The number of amides is 1. The Bertz CT molecular complexity index is 348. The Balaban J connectivity index is 2.22. The summed E-state index contributed by atoms with van der Waals surface area (Å²) in [6.45, 7) is 3.05. The first-order valence-electron chi connectivity index (χ1n) is 7.73. The molecule has 2 fully saturated rings. The number of thiocarbonyl (C=S) groups is 1. The number of rotatable bonds is 3. The molecule has 3 nitrogen and oxygen atoms in total. The summed E-state index contributed by atoms with van der Waals surface area (Å²) in [6.07, 6.45) is 9.57. The minimum Gasteiger partial charge on any atom is -0.392 e. The molecule has 1 saturated heterocycles. The first kappa shape index (κ1) is 14.8. The van der Waals surface area contributed by atoms with E-state index in [1.807, 2.05) is 0 Å². The molecule has 1 heterocycles. The van der Waals surface area contributed by atoms with Crippen molar-refractivity contribution in [1.29, 1.82) is 0 Å². The zero-order valence-electron chi connectivity index (χ0n) is 12.0. The third-order valence-corrected chi connectivity index (χ3v) is 5.34. The quantitative estimate of drug-likeness (QED) is 0.639. The van der Waals surface area contributed by atoms with Gasteiger partial charge in [0.25, 0.3) is 0 Å². The van der Waals surface area contributed by atoms with Gasteiger partial charge in [0.05, 0.1) is 10.4 Å². The fourth-order valence-corrected chi connectivity index (χ4v) is 3.99. The van der Waals surface area contributed by atoms with Crippen LogP contribution >= 0.6 is 12.2 Å². The molecule has 1 aliphatic heterocycles. The van der Waals surface area contributed by atoms with Gasteiger partial charge in [-0.05, 0) is 32.1 Å². The lowest BCUT2D eigenvalue weighted by Crippen LogP contribution is -2.51. The number of carbonyl (C=O) groups is 1. The molecule has 2 rings (SSSR count). The minimum absolute atomic E-state index is 0.228. The van der Waals surface area contributed by atoms with Crippen LogP contribution in [0.15, 0.2) is 0 Å². The van der Waals surface area contributed by atoms with Gasteiger partial charge >= 0.3 is 0 Å². The molecule has 108 valence electrons. The molecule has 0 aromatic rings. The second-order valence-corrected chi connectivity index (χ2v) is 6.50. The van der Waals surface area contributed by atoms with Crippen molar-refractivity contribution in [2.45, 2.75) is 70.8 Å². The summed E-state index contributed by atoms with van der Waals surface area (Å²) in [6, 6.07) is 0.405. The fourth-order valence-electron chi connectivity index (χ4n) is 3.70. The molecule has 19 heavy (non-hydrogen) atoms. The second kappa shape index (κ2) is 6.21. The number of nitrogens with two attached hydrogens (primary N) is 1. The molecule has 1 amide bonds. The maximum absolute atomic E-state index is 13.0. The smallest absolute Gasteiger partial charge is 0.235 e. The summed E-state index contributed by atoms with van der Waals surface area (Å²) >= 11 is 5.30. The number of likely N-dealkylation sites (tertiary alicyclic amines) is 1. The Kier molecular flexibility index (Phi) is 4.82. The van der Waals surface area contributed by atoms with Crippen LogP contribution < -0.4 is 5.73 Å². The zero-order valence-corrected chi connectivity index (χ0v) is 12.8. The topological polar surface area (TPSA) is 46.3 Å². The van der Waals surface area contributed by atoms with Crippen LogP contribution in [0.4, 0.5) is 0 Å². The molecular formula is C15H26N2OS. The highest BCUT2D eigenvalue weighted by Gasteiger charge is 2.46. The first-order chi connectivity index (χ1) is 9.12. The Labute approximate surface area is 121 Å². The fraction of sp³-hybridized carbons (Fsp3) is 0.867. The average Bonchev–Trinajstić information content (AvgIpc) is 2.73. The van der Waals surface area contributed by atoms with E-state index in [4.69, 9.17) is 18.0 Å². The summed E-state index contributed by atoms with van der Waals surface area (Å²) in [4.78, 5) is 15.5. The highest BCUT2D eigenvalue weighted by atomic mass is 32.1. The van der Waals surface area contributed by atoms with Crippen LogP contribution in [0.5, 0.6) is 0 Å². The van der Waals surface area contributed by atoms with Crippen molar-refractivity contribution in [2.24, 2.45) is 11.1 Å². The van der Waals surface area contributed by atoms with Crippen molar-refractivity contribution in [3.63, 3.8) is 0 Å². The van der Waals surface area contributed by atoms with Gasteiger partial charge in [-0.25, -0.2) is 0 Å². The molecule has 0 aromatic carbocycles. The third-order valence-electron chi connectivity index (χ3n) is 4.95. The Morgan fingerprint density at radius 2 is 1.89 bits per heavy atom. The van der Waals surface area contributed by atoms with Crippen molar-refractivity contribution in [1.82, 2.24) is 4.90 Å². The van der Waals surface area contributed by atoms with Gasteiger partial charge in [0.2, 0.25) is 5.91 Å². The van der Waals surface area contributed by atoms with Gasteiger partial charge < -0.3 is 10.6 Å². The van der Waals surface area contributed by atoms with Gasteiger partial charge in [-0.1, -0.05) is 44.8 Å². The maximum atomic E-state index is 13.0. The van der Waals surface area contributed by atoms with E-state index in [0.29, 0.717) is 11.0 Å². The molecule has 0 bridgehead atoms. The largest absolute Gasteiger partial charge is 0.392 e. The van der Waals surface area contributed by atoms with Crippen molar-refractivity contribution in [3.8, 4) is 0 Å². The summed E-state index contributed by atoms with van der Waals surface area (Å²) in [5.41, 5.74) is 5.47. The van der Waals surface area contributed by atoms with E-state index in [1.165, 1.54) is 12.8 Å². The molecule has 0 aromatic heterocycles. The van der Waals surface area contributed by atoms with E-state index in [1.54, 1.807) is 0 Å². The van der Waals surface area contributed by atoms with E-state index >= 15 is 0 Å². The molecule has 1 saturated carbocycles. The van der Waals surface area contributed by atoms with Crippen molar-refractivity contribution < 1.29 is 4.79 Å². The summed E-state index contributed by atoms with van der Waals surface area (Å²) in [7, 11) is 0. The second-order valence-electron chi connectivity index (χ2n) is 6.06. The van der Waals surface area contributed by atoms with Crippen molar-refractivity contribution >= 4 is 23.1 Å². The molecule has 2 N–H and O–H groups in total. The van der Waals surface area contributed by atoms with Crippen LogP contribution in [0.25, 0.3) is 0 Å². The minimum atomic E-state index is -0.538. The molecular weight excluding hydrogens is 256 g/mol. The van der Waals surface area contributed by atoms with Crippen LogP contribution in [-0.4, -0.2) is 28.4 Å². The SMILES string of the molecule is CCC1CCCN1C(=O)C1(C(N)=S)CCCCCC1. The number of nitrogens with zero attached hydrogens (tertiary/aromatic N) is 1. The Morgan fingerprint density at radius 3 is 2.42 bits per heavy atom. The highest BCUT2D eigenvalue weighted by Crippen LogP contribution is 2.39. The van der Waals surface area contributed by atoms with Gasteiger partial charge in [-0.2, -0.15) is 0 Å². The molecule has 2 aliphatic rings. The van der Waals surface area contributed by atoms with E-state index in [-0.39, 0.29) is 5.91 Å².